The predicted octanol–water partition coefficient (Wildman–Crippen LogP) is 4.48. The van der Waals surface area contributed by atoms with Crippen molar-refractivity contribution in [3.05, 3.63) is 47.3 Å². The minimum Gasteiger partial charge on any atom is -0.351 e. The SMILES string of the molecule is Cc1cc(C)cc(NC(=O)c2cnc(NC3CCCCCC3)nc2)c1. The molecule has 0 atom stereocenters. The lowest BCUT2D eigenvalue weighted by molar-refractivity contribution is 0.102. The van der Waals surface area contributed by atoms with E-state index in [0.29, 0.717) is 17.6 Å². The molecule has 0 unspecified atom stereocenters. The van der Waals surface area contributed by atoms with E-state index in [2.05, 4.69) is 26.7 Å². The Hall–Kier alpha value is -2.43. The van der Waals surface area contributed by atoms with Crippen LogP contribution < -0.4 is 10.6 Å². The molecule has 0 bridgehead atoms. The van der Waals surface area contributed by atoms with Crippen LogP contribution in [0.25, 0.3) is 0 Å². The van der Waals surface area contributed by atoms with Crippen molar-refractivity contribution < 1.29 is 4.79 Å². The number of nitrogens with one attached hydrogen (secondary N) is 2. The van der Waals surface area contributed by atoms with E-state index in [1.165, 1.54) is 25.7 Å². The first-order valence-corrected chi connectivity index (χ1v) is 9.08. The number of anilines is 2. The number of rotatable bonds is 4. The van der Waals surface area contributed by atoms with E-state index in [9.17, 15) is 4.79 Å². The van der Waals surface area contributed by atoms with Crippen molar-refractivity contribution in [3.8, 4) is 0 Å². The average Bonchev–Trinajstić information content (AvgIpc) is 2.83. The molecule has 5 heteroatoms. The average molecular weight is 338 g/mol. The fourth-order valence-corrected chi connectivity index (χ4v) is 3.38. The normalized spacial score (nSPS) is 15.4. The second kappa shape index (κ2) is 8.10. The molecule has 1 aliphatic rings. The lowest BCUT2D eigenvalue weighted by Gasteiger charge is -2.16. The first kappa shape index (κ1) is 17.4. The zero-order valence-corrected chi connectivity index (χ0v) is 15.0. The van der Waals surface area contributed by atoms with Gasteiger partial charge in [0.2, 0.25) is 5.95 Å². The van der Waals surface area contributed by atoms with Gasteiger partial charge in [-0.3, -0.25) is 4.79 Å². The van der Waals surface area contributed by atoms with Crippen molar-refractivity contribution in [1.29, 1.82) is 0 Å². The van der Waals surface area contributed by atoms with Crippen molar-refractivity contribution in [3.63, 3.8) is 0 Å². The van der Waals surface area contributed by atoms with Gasteiger partial charge in [0.15, 0.2) is 0 Å². The predicted molar refractivity (Wildman–Crippen MR) is 101 cm³/mol. The Morgan fingerprint density at radius 2 is 1.56 bits per heavy atom. The zero-order valence-electron chi connectivity index (χ0n) is 15.0. The number of aromatic nitrogens is 2. The Bertz CT molecular complexity index is 699. The third-order valence-electron chi connectivity index (χ3n) is 4.58. The molecule has 1 aromatic heterocycles. The Morgan fingerprint density at radius 1 is 0.960 bits per heavy atom. The van der Waals surface area contributed by atoms with Gasteiger partial charge in [0.1, 0.15) is 0 Å². The lowest BCUT2D eigenvalue weighted by atomic mass is 10.1. The number of benzene rings is 1. The van der Waals surface area contributed by atoms with Crippen LogP contribution in [0.15, 0.2) is 30.6 Å². The van der Waals surface area contributed by atoms with Gasteiger partial charge >= 0.3 is 0 Å². The molecule has 5 nitrogen and oxygen atoms in total. The van der Waals surface area contributed by atoms with Crippen LogP contribution in [0.3, 0.4) is 0 Å². The Morgan fingerprint density at radius 3 is 2.16 bits per heavy atom. The van der Waals surface area contributed by atoms with Gasteiger partial charge in [-0.05, 0) is 49.9 Å². The first-order chi connectivity index (χ1) is 12.1. The van der Waals surface area contributed by atoms with E-state index in [0.717, 1.165) is 29.7 Å². The number of nitrogens with zero attached hydrogens (tertiary/aromatic N) is 2. The van der Waals surface area contributed by atoms with Crippen LogP contribution in [0.4, 0.5) is 11.6 Å². The van der Waals surface area contributed by atoms with E-state index in [4.69, 9.17) is 0 Å². The van der Waals surface area contributed by atoms with Gasteiger partial charge in [-0.2, -0.15) is 0 Å². The number of carbonyl (C=O) groups excluding carboxylic acids is 1. The summed E-state index contributed by atoms with van der Waals surface area (Å²) in [6.07, 6.45) is 10.7. The van der Waals surface area contributed by atoms with Gasteiger partial charge in [0, 0.05) is 24.1 Å². The number of hydrogen-bond donors (Lipinski definition) is 2. The van der Waals surface area contributed by atoms with E-state index in [1.807, 2.05) is 26.0 Å². The summed E-state index contributed by atoms with van der Waals surface area (Å²) in [6.45, 7) is 4.03. The van der Waals surface area contributed by atoms with E-state index in [1.54, 1.807) is 12.4 Å². The number of aryl methyl sites for hydroxylation is 2. The van der Waals surface area contributed by atoms with E-state index < -0.39 is 0 Å². The lowest BCUT2D eigenvalue weighted by Crippen LogP contribution is -2.20. The van der Waals surface area contributed by atoms with Crippen LogP contribution in [0.1, 0.15) is 60.0 Å². The summed E-state index contributed by atoms with van der Waals surface area (Å²) in [5.41, 5.74) is 3.50. The largest absolute Gasteiger partial charge is 0.351 e. The minimum atomic E-state index is -0.189. The van der Waals surface area contributed by atoms with Crippen molar-refractivity contribution >= 4 is 17.5 Å². The first-order valence-electron chi connectivity index (χ1n) is 9.08. The van der Waals surface area contributed by atoms with Crippen molar-refractivity contribution in [2.24, 2.45) is 0 Å². The van der Waals surface area contributed by atoms with Gasteiger partial charge in [-0.15, -0.1) is 0 Å². The molecule has 0 radical (unpaired) electrons. The summed E-state index contributed by atoms with van der Waals surface area (Å²) in [4.78, 5) is 21.0. The fourth-order valence-electron chi connectivity index (χ4n) is 3.38. The summed E-state index contributed by atoms with van der Waals surface area (Å²) < 4.78 is 0. The molecule has 1 heterocycles. The third-order valence-corrected chi connectivity index (χ3v) is 4.58. The maximum atomic E-state index is 12.4. The molecule has 0 aliphatic heterocycles. The highest BCUT2D eigenvalue weighted by Crippen LogP contribution is 2.20. The van der Waals surface area contributed by atoms with Crippen LogP contribution in [0.5, 0.6) is 0 Å². The summed E-state index contributed by atoms with van der Waals surface area (Å²) in [6, 6.07) is 6.42. The van der Waals surface area contributed by atoms with Crippen molar-refractivity contribution in [2.45, 2.75) is 58.4 Å². The van der Waals surface area contributed by atoms with Crippen molar-refractivity contribution in [2.75, 3.05) is 10.6 Å². The van der Waals surface area contributed by atoms with Crippen LogP contribution in [0.2, 0.25) is 0 Å². The second-order valence-corrected chi connectivity index (χ2v) is 6.96. The standard InChI is InChI=1S/C20H26N4O/c1-14-9-15(2)11-18(10-14)23-19(25)16-12-21-20(22-13-16)24-17-7-5-3-4-6-8-17/h9-13,17H,3-8H2,1-2H3,(H,23,25)(H,21,22,24). The summed E-state index contributed by atoms with van der Waals surface area (Å²) >= 11 is 0. The minimum absolute atomic E-state index is 0.189. The maximum Gasteiger partial charge on any atom is 0.258 e. The van der Waals surface area contributed by atoms with Gasteiger partial charge < -0.3 is 10.6 Å². The number of hydrogen-bond acceptors (Lipinski definition) is 4. The monoisotopic (exact) mass is 338 g/mol. The third kappa shape index (κ3) is 5.02. The smallest absolute Gasteiger partial charge is 0.258 e. The molecule has 132 valence electrons. The molecule has 1 saturated carbocycles. The molecule has 1 amide bonds. The molecule has 1 aromatic carbocycles. The summed E-state index contributed by atoms with van der Waals surface area (Å²) in [5.74, 6) is 0.417. The molecule has 2 aromatic rings. The molecular weight excluding hydrogens is 312 g/mol. The maximum absolute atomic E-state index is 12.4. The Kier molecular flexibility index (Phi) is 5.64. The highest BCUT2D eigenvalue weighted by molar-refractivity contribution is 6.04. The molecular formula is C20H26N4O. The van der Waals surface area contributed by atoms with Gasteiger partial charge in [0.25, 0.3) is 5.91 Å². The fraction of sp³-hybridized carbons (Fsp3) is 0.450. The zero-order chi connectivity index (χ0) is 17.6. The molecule has 1 aliphatic carbocycles. The van der Waals surface area contributed by atoms with Crippen LogP contribution in [0, 0.1) is 13.8 Å². The van der Waals surface area contributed by atoms with E-state index >= 15 is 0 Å². The highest BCUT2D eigenvalue weighted by atomic mass is 16.1. The van der Waals surface area contributed by atoms with Crippen LogP contribution in [-0.2, 0) is 0 Å². The molecule has 2 N–H and O–H groups in total. The summed E-state index contributed by atoms with van der Waals surface area (Å²) in [7, 11) is 0. The Balaban J connectivity index is 1.61. The molecule has 3 rings (SSSR count). The van der Waals surface area contributed by atoms with Crippen LogP contribution >= 0.6 is 0 Å². The van der Waals surface area contributed by atoms with Gasteiger partial charge in [-0.25, -0.2) is 9.97 Å². The molecule has 0 saturated heterocycles. The van der Waals surface area contributed by atoms with Crippen LogP contribution in [-0.4, -0.2) is 21.9 Å². The Labute approximate surface area is 149 Å². The molecule has 25 heavy (non-hydrogen) atoms. The number of carbonyl (C=O) groups is 1. The quantitative estimate of drug-likeness (QED) is 0.807. The van der Waals surface area contributed by atoms with E-state index in [-0.39, 0.29) is 5.91 Å². The van der Waals surface area contributed by atoms with Crippen molar-refractivity contribution in [1.82, 2.24) is 9.97 Å². The van der Waals surface area contributed by atoms with Gasteiger partial charge in [-0.1, -0.05) is 31.7 Å². The summed E-state index contributed by atoms with van der Waals surface area (Å²) in [5, 5.41) is 6.31. The number of amides is 1. The second-order valence-electron chi connectivity index (χ2n) is 6.96. The highest BCUT2D eigenvalue weighted by Gasteiger charge is 2.14. The molecule has 0 spiro atoms. The molecule has 1 fully saturated rings. The van der Waals surface area contributed by atoms with Gasteiger partial charge in [0.05, 0.1) is 5.56 Å². The topological polar surface area (TPSA) is 66.9 Å².